The van der Waals surface area contributed by atoms with Crippen LogP contribution in [-0.2, 0) is 0 Å². The molecule has 0 aliphatic carbocycles. The number of para-hydroxylation sites is 2. The van der Waals surface area contributed by atoms with Gasteiger partial charge in [0, 0.05) is 73.6 Å². The van der Waals surface area contributed by atoms with E-state index in [-0.39, 0.29) is 0 Å². The van der Waals surface area contributed by atoms with Crippen molar-refractivity contribution in [3.8, 4) is 16.8 Å². The quantitative estimate of drug-likeness (QED) is 0.173. The highest BCUT2D eigenvalue weighted by Gasteiger charge is 2.22. The molecule has 0 atom stereocenters. The maximum absolute atomic E-state index is 6.68. The zero-order valence-electron chi connectivity index (χ0n) is 31.6. The summed E-state index contributed by atoms with van der Waals surface area (Å²) in [5, 5.41) is 9.84. The summed E-state index contributed by atoms with van der Waals surface area (Å²) < 4.78 is 14.2. The van der Waals surface area contributed by atoms with Crippen molar-refractivity contribution in [3.05, 3.63) is 194 Å². The summed E-state index contributed by atoms with van der Waals surface area (Å²) >= 11 is 3.71. The number of fused-ring (bicyclic) bond motifs is 12. The van der Waals surface area contributed by atoms with Crippen LogP contribution in [0.25, 0.3) is 101 Å². The van der Waals surface area contributed by atoms with Crippen molar-refractivity contribution in [3.63, 3.8) is 0 Å². The molecule has 0 fully saturated rings. The normalized spacial score (nSPS) is 12.1. The number of thiophene rings is 2. The molecule has 13 rings (SSSR count). The SMILES string of the molecule is c1ccc(-n2c3ccccc3c3cc(-c4ccc5oc6cccc(N(c7ccc8c(c7)sc7ccccc78)c7ccc8c(c7)sc7ccccc78)c6c5c4)ccc32)cc1. The lowest BCUT2D eigenvalue weighted by molar-refractivity contribution is 0.669. The van der Waals surface area contributed by atoms with E-state index in [1.54, 1.807) is 0 Å². The Bertz CT molecular complexity index is 3700. The zero-order chi connectivity index (χ0) is 38.6. The highest BCUT2D eigenvalue weighted by atomic mass is 32.1. The maximum atomic E-state index is 6.68. The van der Waals surface area contributed by atoms with Crippen LogP contribution in [0.3, 0.4) is 0 Å². The van der Waals surface area contributed by atoms with Crippen molar-refractivity contribution in [2.24, 2.45) is 0 Å². The number of aromatic nitrogens is 1. The molecule has 0 bridgehead atoms. The molecule has 0 saturated heterocycles. The fraction of sp³-hybridized carbons (Fsp3) is 0. The van der Waals surface area contributed by atoms with Gasteiger partial charge in [0.05, 0.1) is 22.1 Å². The molecule has 0 aliphatic heterocycles. The molecule has 0 spiro atoms. The number of hydrogen-bond donors (Lipinski definition) is 0. The summed E-state index contributed by atoms with van der Waals surface area (Å²) in [6, 6.07) is 70.7. The van der Waals surface area contributed by atoms with E-state index >= 15 is 0 Å². The maximum Gasteiger partial charge on any atom is 0.137 e. The van der Waals surface area contributed by atoms with Crippen molar-refractivity contribution < 1.29 is 4.42 Å². The highest BCUT2D eigenvalue weighted by molar-refractivity contribution is 7.26. The molecule has 3 nitrogen and oxygen atoms in total. The van der Waals surface area contributed by atoms with Crippen molar-refractivity contribution in [2.45, 2.75) is 0 Å². The summed E-state index contributed by atoms with van der Waals surface area (Å²) in [7, 11) is 0. The summed E-state index contributed by atoms with van der Waals surface area (Å²) in [5.74, 6) is 0. The van der Waals surface area contributed by atoms with Gasteiger partial charge >= 0.3 is 0 Å². The van der Waals surface area contributed by atoms with Crippen molar-refractivity contribution in [1.82, 2.24) is 4.57 Å². The van der Waals surface area contributed by atoms with Gasteiger partial charge in [-0.2, -0.15) is 0 Å². The lowest BCUT2D eigenvalue weighted by Crippen LogP contribution is -2.10. The van der Waals surface area contributed by atoms with Crippen LogP contribution < -0.4 is 4.90 Å². The minimum Gasteiger partial charge on any atom is -0.456 e. The van der Waals surface area contributed by atoms with Crippen LogP contribution >= 0.6 is 22.7 Å². The predicted octanol–water partition coefficient (Wildman–Crippen LogP) is 16.6. The number of furan rings is 1. The first kappa shape index (κ1) is 32.9. The van der Waals surface area contributed by atoms with Crippen LogP contribution in [0.2, 0.25) is 0 Å². The van der Waals surface area contributed by atoms with Gasteiger partial charge in [-0.3, -0.25) is 0 Å². The van der Waals surface area contributed by atoms with E-state index in [0.717, 1.165) is 50.3 Å². The number of anilines is 3. The standard InChI is InChI=1S/C54H32N2OS2/c1-2-11-35(12-3-1)56-45-16-7-4-13-38(45)43-29-33(21-27-46(43)56)34-22-28-48-44(30-34)54-47(17-10-18-49(54)57-48)55(36-23-25-41-39-14-5-8-19-50(39)58-52(41)31-36)37-24-26-42-40-15-6-9-20-51(40)59-53(42)32-37/h1-32H. The minimum absolute atomic E-state index is 0.868. The molecule has 13 aromatic rings. The number of rotatable bonds is 5. The van der Waals surface area contributed by atoms with Crippen LogP contribution in [-0.4, -0.2) is 4.57 Å². The molecule has 4 aromatic heterocycles. The van der Waals surface area contributed by atoms with Gasteiger partial charge in [-0.05, 0) is 102 Å². The Morgan fingerprint density at radius 2 is 0.949 bits per heavy atom. The highest BCUT2D eigenvalue weighted by Crippen LogP contribution is 2.47. The Morgan fingerprint density at radius 3 is 1.66 bits per heavy atom. The van der Waals surface area contributed by atoms with E-state index < -0.39 is 0 Å². The second-order valence-corrected chi connectivity index (χ2v) is 17.4. The lowest BCUT2D eigenvalue weighted by atomic mass is 10.00. The second kappa shape index (κ2) is 12.7. The molecule has 59 heavy (non-hydrogen) atoms. The van der Waals surface area contributed by atoms with E-state index in [1.807, 2.05) is 22.7 Å². The van der Waals surface area contributed by atoms with Crippen LogP contribution in [0.5, 0.6) is 0 Å². The molecule has 9 aromatic carbocycles. The molecule has 0 radical (unpaired) electrons. The first-order valence-electron chi connectivity index (χ1n) is 19.9. The average Bonchev–Trinajstić information content (AvgIpc) is 4.05. The molecular formula is C54H32N2OS2. The van der Waals surface area contributed by atoms with Gasteiger partial charge in [-0.15, -0.1) is 22.7 Å². The van der Waals surface area contributed by atoms with Crippen molar-refractivity contribution in [1.29, 1.82) is 0 Å². The first-order valence-corrected chi connectivity index (χ1v) is 21.5. The number of benzene rings is 9. The van der Waals surface area contributed by atoms with Crippen LogP contribution in [0, 0.1) is 0 Å². The smallest absolute Gasteiger partial charge is 0.137 e. The molecule has 0 aliphatic rings. The third-order valence-electron chi connectivity index (χ3n) is 12.0. The van der Waals surface area contributed by atoms with Gasteiger partial charge < -0.3 is 13.9 Å². The molecular weight excluding hydrogens is 757 g/mol. The Kier molecular flexibility index (Phi) is 7.05. The van der Waals surface area contributed by atoms with E-state index in [1.165, 1.54) is 67.7 Å². The average molecular weight is 789 g/mol. The zero-order valence-corrected chi connectivity index (χ0v) is 33.2. The van der Waals surface area contributed by atoms with Crippen molar-refractivity contribution >= 4 is 124 Å². The van der Waals surface area contributed by atoms with Crippen LogP contribution in [0.15, 0.2) is 199 Å². The molecule has 4 heterocycles. The molecule has 0 N–H and O–H groups in total. The molecule has 0 amide bonds. The Balaban J connectivity index is 1.02. The topological polar surface area (TPSA) is 21.3 Å². The summed E-state index contributed by atoms with van der Waals surface area (Å²) in [6.45, 7) is 0. The van der Waals surface area contributed by atoms with Gasteiger partial charge in [0.25, 0.3) is 0 Å². The molecule has 0 unspecified atom stereocenters. The monoisotopic (exact) mass is 788 g/mol. The van der Waals surface area contributed by atoms with Crippen molar-refractivity contribution in [2.75, 3.05) is 4.90 Å². The fourth-order valence-corrected chi connectivity index (χ4v) is 11.6. The van der Waals surface area contributed by atoms with Gasteiger partial charge in [0.2, 0.25) is 0 Å². The Hall–Kier alpha value is -7.18. The van der Waals surface area contributed by atoms with E-state index in [0.29, 0.717) is 0 Å². The predicted molar refractivity (Wildman–Crippen MR) is 254 cm³/mol. The summed E-state index contributed by atoms with van der Waals surface area (Å²) in [6.07, 6.45) is 0. The van der Waals surface area contributed by atoms with Gasteiger partial charge in [0.1, 0.15) is 11.2 Å². The Morgan fingerprint density at radius 1 is 0.373 bits per heavy atom. The van der Waals surface area contributed by atoms with Gasteiger partial charge in [-0.25, -0.2) is 0 Å². The van der Waals surface area contributed by atoms with Gasteiger partial charge in [-0.1, -0.05) is 103 Å². The molecule has 5 heteroatoms. The molecule has 276 valence electrons. The molecule has 0 saturated carbocycles. The second-order valence-electron chi connectivity index (χ2n) is 15.3. The number of nitrogens with zero attached hydrogens (tertiary/aromatic N) is 2. The summed E-state index contributed by atoms with van der Waals surface area (Å²) in [5.41, 5.74) is 10.9. The third kappa shape index (κ3) is 4.99. The van der Waals surface area contributed by atoms with E-state index in [2.05, 4.69) is 204 Å². The third-order valence-corrected chi connectivity index (χ3v) is 14.2. The van der Waals surface area contributed by atoms with E-state index in [9.17, 15) is 0 Å². The largest absolute Gasteiger partial charge is 0.456 e. The first-order chi connectivity index (χ1) is 29.2. The van der Waals surface area contributed by atoms with Gasteiger partial charge in [0.15, 0.2) is 0 Å². The Labute approximate surface area is 346 Å². The van der Waals surface area contributed by atoms with E-state index in [4.69, 9.17) is 4.42 Å². The number of hydrogen-bond acceptors (Lipinski definition) is 4. The van der Waals surface area contributed by atoms with Crippen LogP contribution in [0.1, 0.15) is 0 Å². The minimum atomic E-state index is 0.868. The lowest BCUT2D eigenvalue weighted by Gasteiger charge is -2.26. The summed E-state index contributed by atoms with van der Waals surface area (Å²) in [4.78, 5) is 2.43. The van der Waals surface area contributed by atoms with Crippen LogP contribution in [0.4, 0.5) is 17.1 Å². The fourth-order valence-electron chi connectivity index (χ4n) is 9.32.